The molecule has 0 bridgehead atoms. The molecule has 1 aliphatic rings. The molecule has 2 amide bonds. The molecule has 2 N–H and O–H groups in total. The summed E-state index contributed by atoms with van der Waals surface area (Å²) in [5.74, 6) is 2.04. The number of hydrogen-bond acceptors (Lipinski definition) is 5. The maximum atomic E-state index is 12.1. The summed E-state index contributed by atoms with van der Waals surface area (Å²) in [6.45, 7) is 6.53. The van der Waals surface area contributed by atoms with Gasteiger partial charge >= 0.3 is 12.0 Å². The van der Waals surface area contributed by atoms with Crippen LogP contribution < -0.4 is 20.1 Å². The molecule has 8 heteroatoms. The molecule has 0 fully saturated rings. The number of urea groups is 1. The minimum atomic E-state index is -0.398. The first-order chi connectivity index (χ1) is 11.4. The number of amides is 2. The smallest absolute Gasteiger partial charge is 0.323 e. The first-order valence-corrected chi connectivity index (χ1v) is 8.34. The van der Waals surface area contributed by atoms with Gasteiger partial charge in [0.15, 0.2) is 11.5 Å². The van der Waals surface area contributed by atoms with Crippen LogP contribution in [0.3, 0.4) is 0 Å². The fourth-order valence-electron chi connectivity index (χ4n) is 2.35. The van der Waals surface area contributed by atoms with Crippen LogP contribution in [-0.4, -0.2) is 24.2 Å². The van der Waals surface area contributed by atoms with Crippen molar-refractivity contribution in [3.63, 3.8) is 0 Å². The number of nitrogens with zero attached hydrogens (tertiary/aromatic N) is 1. The van der Waals surface area contributed by atoms with Gasteiger partial charge in [-0.05, 0) is 38.5 Å². The van der Waals surface area contributed by atoms with Gasteiger partial charge in [0.05, 0.1) is 11.7 Å². The molecule has 1 aromatic heterocycles. The molecule has 3 rings (SSSR count). The molecule has 2 aromatic rings. The largest absolute Gasteiger partial charge is 0.486 e. The highest BCUT2D eigenvalue weighted by Crippen LogP contribution is 2.37. The van der Waals surface area contributed by atoms with E-state index in [9.17, 15) is 4.79 Å². The summed E-state index contributed by atoms with van der Waals surface area (Å²) in [5.41, 5.74) is 1.63. The number of ether oxygens (including phenoxy) is 2. The van der Waals surface area contributed by atoms with E-state index in [4.69, 9.17) is 13.9 Å². The Morgan fingerprint density at radius 3 is 2.54 bits per heavy atom. The van der Waals surface area contributed by atoms with Gasteiger partial charge < -0.3 is 19.2 Å². The van der Waals surface area contributed by atoms with Crippen LogP contribution in [0.15, 0.2) is 21.0 Å². The van der Waals surface area contributed by atoms with Crippen molar-refractivity contribution in [1.82, 2.24) is 10.3 Å². The Morgan fingerprint density at radius 1 is 1.25 bits per heavy atom. The fourth-order valence-corrected chi connectivity index (χ4v) is 3.01. The fraction of sp³-hybridized carbons (Fsp3) is 0.375. The Bertz CT molecular complexity index is 755. The number of halogens is 1. The van der Waals surface area contributed by atoms with Crippen molar-refractivity contribution in [1.29, 1.82) is 0 Å². The zero-order valence-corrected chi connectivity index (χ0v) is 15.2. The van der Waals surface area contributed by atoms with Crippen LogP contribution in [0.1, 0.15) is 30.0 Å². The van der Waals surface area contributed by atoms with Crippen LogP contribution in [-0.2, 0) is 0 Å². The van der Waals surface area contributed by atoms with Crippen LogP contribution in [0.25, 0.3) is 0 Å². The summed E-state index contributed by atoms with van der Waals surface area (Å²) in [6, 6.07) is 3.23. The molecular weight excluding hydrogens is 378 g/mol. The minimum Gasteiger partial charge on any atom is -0.486 e. The van der Waals surface area contributed by atoms with Crippen LogP contribution in [0.5, 0.6) is 11.5 Å². The highest BCUT2D eigenvalue weighted by molar-refractivity contribution is 9.10. The molecule has 1 aromatic carbocycles. The van der Waals surface area contributed by atoms with Gasteiger partial charge in [0, 0.05) is 4.47 Å². The number of aryl methyl sites for hydroxylation is 2. The molecule has 1 aliphatic heterocycles. The number of aromatic nitrogens is 1. The number of oxazole rings is 1. The van der Waals surface area contributed by atoms with Crippen molar-refractivity contribution in [3.8, 4) is 11.5 Å². The molecule has 0 saturated heterocycles. The van der Waals surface area contributed by atoms with Crippen LogP contribution in [0, 0.1) is 13.8 Å². The Kier molecular flexibility index (Phi) is 4.66. The predicted octanol–water partition coefficient (Wildman–Crippen LogP) is 3.71. The van der Waals surface area contributed by atoms with Gasteiger partial charge in [0.1, 0.15) is 19.0 Å². The topological polar surface area (TPSA) is 85.6 Å². The number of anilines is 1. The second kappa shape index (κ2) is 6.72. The van der Waals surface area contributed by atoms with Crippen molar-refractivity contribution in [2.24, 2.45) is 0 Å². The lowest BCUT2D eigenvalue weighted by Gasteiger charge is -2.22. The van der Waals surface area contributed by atoms with Gasteiger partial charge in [0.2, 0.25) is 0 Å². The van der Waals surface area contributed by atoms with E-state index in [1.54, 1.807) is 6.92 Å². The van der Waals surface area contributed by atoms with Gasteiger partial charge in [-0.3, -0.25) is 5.32 Å². The molecule has 0 unspecified atom stereocenters. The lowest BCUT2D eigenvalue weighted by molar-refractivity contribution is 0.171. The van der Waals surface area contributed by atoms with E-state index in [0.717, 1.165) is 15.7 Å². The summed E-state index contributed by atoms with van der Waals surface area (Å²) in [4.78, 5) is 16.2. The number of carbonyl (C=O) groups excluding carboxylic acids is 1. The van der Waals surface area contributed by atoms with Gasteiger partial charge in [-0.1, -0.05) is 15.9 Å². The van der Waals surface area contributed by atoms with Gasteiger partial charge in [-0.25, -0.2) is 4.79 Å². The first kappa shape index (κ1) is 16.6. The Morgan fingerprint density at radius 2 is 1.92 bits per heavy atom. The van der Waals surface area contributed by atoms with Crippen molar-refractivity contribution in [2.45, 2.75) is 26.8 Å². The standard InChI is InChI=1S/C16H18BrN3O4/c1-8-10(3)24-16(19-8)20-15(21)18-9(2)11-6-13-14(7-12(11)17)23-5-4-22-13/h6-7,9H,4-5H2,1-3H3,(H2,18,19,20,21)/t9-/m1/s1. The predicted molar refractivity (Wildman–Crippen MR) is 91.7 cm³/mol. The monoisotopic (exact) mass is 395 g/mol. The molecule has 128 valence electrons. The van der Waals surface area contributed by atoms with Crippen molar-refractivity contribution in [3.05, 3.63) is 33.6 Å². The number of carbonyl (C=O) groups is 1. The van der Waals surface area contributed by atoms with Gasteiger partial charge in [-0.15, -0.1) is 0 Å². The number of nitrogens with one attached hydrogen (secondary N) is 2. The zero-order chi connectivity index (χ0) is 17.3. The third-order valence-corrected chi connectivity index (χ3v) is 4.41. The number of rotatable bonds is 3. The average molecular weight is 396 g/mol. The quantitative estimate of drug-likeness (QED) is 0.826. The van der Waals surface area contributed by atoms with E-state index in [-0.39, 0.29) is 12.1 Å². The Balaban J connectivity index is 1.70. The highest BCUT2D eigenvalue weighted by atomic mass is 79.9. The number of benzene rings is 1. The van der Waals surface area contributed by atoms with Crippen LogP contribution >= 0.6 is 15.9 Å². The number of fused-ring (bicyclic) bond motifs is 1. The van der Waals surface area contributed by atoms with Crippen molar-refractivity contribution < 1.29 is 18.7 Å². The van der Waals surface area contributed by atoms with Crippen molar-refractivity contribution in [2.75, 3.05) is 18.5 Å². The summed E-state index contributed by atoms with van der Waals surface area (Å²) >= 11 is 3.51. The molecule has 2 heterocycles. The van der Waals surface area contributed by atoms with Gasteiger partial charge in [0.25, 0.3) is 0 Å². The van der Waals surface area contributed by atoms with E-state index >= 15 is 0 Å². The van der Waals surface area contributed by atoms with E-state index in [1.807, 2.05) is 26.0 Å². The van der Waals surface area contributed by atoms with E-state index in [2.05, 4.69) is 31.5 Å². The van der Waals surface area contributed by atoms with Crippen LogP contribution in [0.4, 0.5) is 10.8 Å². The summed E-state index contributed by atoms with van der Waals surface area (Å²) in [6.07, 6.45) is 0. The SMILES string of the molecule is Cc1nc(NC(=O)N[C@H](C)c2cc3c(cc2Br)OCCO3)oc1C. The summed E-state index contributed by atoms with van der Waals surface area (Å²) in [5, 5.41) is 5.43. The van der Waals surface area contributed by atoms with E-state index < -0.39 is 6.03 Å². The maximum Gasteiger partial charge on any atom is 0.323 e. The molecule has 0 radical (unpaired) electrons. The second-order valence-electron chi connectivity index (χ2n) is 5.50. The number of hydrogen-bond donors (Lipinski definition) is 2. The third kappa shape index (κ3) is 3.48. The lowest BCUT2D eigenvalue weighted by Crippen LogP contribution is -2.31. The average Bonchev–Trinajstić information content (AvgIpc) is 2.84. The molecule has 0 aliphatic carbocycles. The molecule has 0 saturated carbocycles. The maximum absolute atomic E-state index is 12.1. The van der Waals surface area contributed by atoms with E-state index in [0.29, 0.717) is 30.5 Å². The van der Waals surface area contributed by atoms with Crippen molar-refractivity contribution >= 4 is 28.0 Å². The minimum absolute atomic E-state index is 0.177. The second-order valence-corrected chi connectivity index (χ2v) is 6.35. The Hall–Kier alpha value is -2.22. The molecule has 7 nitrogen and oxygen atoms in total. The lowest BCUT2D eigenvalue weighted by atomic mass is 10.1. The van der Waals surface area contributed by atoms with Gasteiger partial charge in [-0.2, -0.15) is 4.98 Å². The summed E-state index contributed by atoms with van der Waals surface area (Å²) in [7, 11) is 0. The Labute approximate surface area is 147 Å². The molecule has 24 heavy (non-hydrogen) atoms. The molecular formula is C16H18BrN3O4. The normalized spacial score (nSPS) is 14.2. The third-order valence-electron chi connectivity index (χ3n) is 3.72. The highest BCUT2D eigenvalue weighted by Gasteiger charge is 2.20. The molecule has 1 atom stereocenters. The van der Waals surface area contributed by atoms with E-state index in [1.165, 1.54) is 0 Å². The zero-order valence-electron chi connectivity index (χ0n) is 13.6. The summed E-state index contributed by atoms with van der Waals surface area (Å²) < 4.78 is 17.3. The molecule has 0 spiro atoms. The van der Waals surface area contributed by atoms with Crippen LogP contribution in [0.2, 0.25) is 0 Å². The first-order valence-electron chi connectivity index (χ1n) is 7.54.